The zero-order valence-electron chi connectivity index (χ0n) is 8.53. The number of rotatable bonds is 2. The molecule has 72 valence electrons. The van der Waals surface area contributed by atoms with Crippen LogP contribution in [-0.2, 0) is 4.74 Å². The lowest BCUT2D eigenvalue weighted by molar-refractivity contribution is 0.158. The molecule has 0 bridgehead atoms. The Kier molecular flexibility index (Phi) is 2.09. The molecule has 1 aliphatic carbocycles. The second-order valence-electron chi connectivity index (χ2n) is 3.97. The van der Waals surface area contributed by atoms with Gasteiger partial charge in [0, 0.05) is 13.0 Å². The van der Waals surface area contributed by atoms with Crippen LogP contribution >= 0.6 is 0 Å². The van der Waals surface area contributed by atoms with Gasteiger partial charge < -0.3 is 4.74 Å². The second kappa shape index (κ2) is 3.15. The molecule has 0 aromatic heterocycles. The van der Waals surface area contributed by atoms with Gasteiger partial charge in [0.2, 0.25) is 0 Å². The molecule has 1 aromatic carbocycles. The second-order valence-corrected chi connectivity index (χ2v) is 3.97. The Labute approximate surface area is 85.1 Å². The third-order valence-electron chi connectivity index (χ3n) is 3.15. The van der Waals surface area contributed by atoms with E-state index in [1.54, 1.807) is 7.11 Å². The van der Waals surface area contributed by atoms with Gasteiger partial charge in [-0.1, -0.05) is 36.3 Å². The molecule has 0 amide bonds. The van der Waals surface area contributed by atoms with Crippen LogP contribution in [0.15, 0.2) is 30.3 Å². The minimum Gasteiger partial charge on any atom is -0.379 e. The molecule has 0 heterocycles. The summed E-state index contributed by atoms with van der Waals surface area (Å²) in [6.07, 6.45) is 5.71. The maximum absolute atomic E-state index is 5.53. The third-order valence-corrected chi connectivity index (χ3v) is 3.15. The van der Waals surface area contributed by atoms with Crippen LogP contribution in [-0.4, -0.2) is 13.2 Å². The van der Waals surface area contributed by atoms with Gasteiger partial charge in [-0.2, -0.15) is 0 Å². The van der Waals surface area contributed by atoms with Gasteiger partial charge in [0.25, 0.3) is 0 Å². The zero-order chi connectivity index (χ0) is 10.2. The molecule has 3 atom stereocenters. The topological polar surface area (TPSA) is 9.23 Å². The molecule has 2 rings (SSSR count). The number of ether oxygens (including phenoxy) is 1. The summed E-state index contributed by atoms with van der Waals surface area (Å²) in [5, 5.41) is 0. The van der Waals surface area contributed by atoms with Crippen LogP contribution in [0.4, 0.5) is 0 Å². The third kappa shape index (κ3) is 1.15. The number of methoxy groups -OCH3 is 1. The van der Waals surface area contributed by atoms with E-state index < -0.39 is 0 Å². The smallest absolute Gasteiger partial charge is 0.0824 e. The van der Waals surface area contributed by atoms with E-state index in [4.69, 9.17) is 11.2 Å². The highest BCUT2D eigenvalue weighted by atomic mass is 16.5. The lowest BCUT2D eigenvalue weighted by Crippen LogP contribution is -1.98. The van der Waals surface area contributed by atoms with Crippen molar-refractivity contribution in [3.05, 3.63) is 35.9 Å². The predicted molar refractivity (Wildman–Crippen MR) is 56.9 cm³/mol. The van der Waals surface area contributed by atoms with Crippen molar-refractivity contribution in [2.24, 2.45) is 5.41 Å². The van der Waals surface area contributed by atoms with E-state index in [1.165, 1.54) is 5.56 Å². The summed E-state index contributed by atoms with van der Waals surface area (Å²) in [7, 11) is 1.73. The molecule has 0 saturated heterocycles. The highest BCUT2D eigenvalue weighted by Gasteiger charge is 2.61. The first-order chi connectivity index (χ1) is 6.74. The van der Waals surface area contributed by atoms with Crippen molar-refractivity contribution in [3.63, 3.8) is 0 Å². The molecule has 14 heavy (non-hydrogen) atoms. The standard InChI is InChI=1S/C13H14O/c1-4-13(2)11(12(13)14-3)10-8-6-5-7-9-10/h1,5-9,11-12H,2-3H3/t11-,12+,13+/m0/s1. The minimum absolute atomic E-state index is 0.115. The summed E-state index contributed by atoms with van der Waals surface area (Å²) in [6.45, 7) is 2.08. The SMILES string of the molecule is C#C[C@@]1(C)[C@H](OC)[C@@H]1c1ccccc1. The Morgan fingerprint density at radius 2 is 2.00 bits per heavy atom. The average Bonchev–Trinajstić information content (AvgIpc) is 2.86. The Bertz CT molecular complexity index is 363. The Morgan fingerprint density at radius 3 is 2.43 bits per heavy atom. The Morgan fingerprint density at radius 1 is 1.36 bits per heavy atom. The maximum Gasteiger partial charge on any atom is 0.0824 e. The largest absolute Gasteiger partial charge is 0.379 e. The summed E-state index contributed by atoms with van der Waals surface area (Å²) in [5.41, 5.74) is 1.16. The van der Waals surface area contributed by atoms with Crippen molar-refractivity contribution >= 4 is 0 Å². The molecule has 1 fully saturated rings. The average molecular weight is 186 g/mol. The van der Waals surface area contributed by atoms with Gasteiger partial charge in [-0.3, -0.25) is 0 Å². The van der Waals surface area contributed by atoms with Crippen LogP contribution in [0.25, 0.3) is 0 Å². The number of terminal acetylenes is 1. The van der Waals surface area contributed by atoms with Crippen LogP contribution in [0.2, 0.25) is 0 Å². The van der Waals surface area contributed by atoms with E-state index in [0.29, 0.717) is 5.92 Å². The molecule has 1 aromatic rings. The van der Waals surface area contributed by atoms with Gasteiger partial charge in [0.1, 0.15) is 0 Å². The summed E-state index contributed by atoms with van der Waals surface area (Å²) in [6, 6.07) is 10.3. The fraction of sp³-hybridized carbons (Fsp3) is 0.385. The fourth-order valence-corrected chi connectivity index (χ4v) is 2.21. The van der Waals surface area contributed by atoms with E-state index >= 15 is 0 Å². The lowest BCUT2D eigenvalue weighted by Gasteiger charge is -2.00. The molecule has 0 N–H and O–H groups in total. The quantitative estimate of drug-likeness (QED) is 0.645. The van der Waals surface area contributed by atoms with Crippen molar-refractivity contribution in [2.75, 3.05) is 7.11 Å². The van der Waals surface area contributed by atoms with E-state index in [2.05, 4.69) is 25.0 Å². The molecule has 1 aliphatic rings. The first-order valence-electron chi connectivity index (χ1n) is 4.79. The van der Waals surface area contributed by atoms with E-state index in [-0.39, 0.29) is 11.5 Å². The van der Waals surface area contributed by atoms with Gasteiger partial charge in [0.15, 0.2) is 0 Å². The highest BCUT2D eigenvalue weighted by molar-refractivity contribution is 5.40. The van der Waals surface area contributed by atoms with E-state index in [9.17, 15) is 0 Å². The predicted octanol–water partition coefficient (Wildman–Crippen LogP) is 2.44. The molecule has 0 radical (unpaired) electrons. The van der Waals surface area contributed by atoms with Gasteiger partial charge in [-0.25, -0.2) is 0 Å². The van der Waals surface area contributed by atoms with Crippen molar-refractivity contribution in [2.45, 2.75) is 18.9 Å². The zero-order valence-corrected chi connectivity index (χ0v) is 8.53. The van der Waals surface area contributed by atoms with Crippen LogP contribution in [0.5, 0.6) is 0 Å². The molecular weight excluding hydrogens is 172 g/mol. The summed E-state index contributed by atoms with van der Waals surface area (Å²) >= 11 is 0. The Hall–Kier alpha value is -1.26. The monoisotopic (exact) mass is 186 g/mol. The van der Waals surface area contributed by atoms with Crippen molar-refractivity contribution < 1.29 is 4.74 Å². The van der Waals surface area contributed by atoms with Gasteiger partial charge in [-0.05, 0) is 12.5 Å². The fourth-order valence-electron chi connectivity index (χ4n) is 2.21. The van der Waals surface area contributed by atoms with Crippen molar-refractivity contribution in [3.8, 4) is 12.3 Å². The molecule has 1 nitrogen and oxygen atoms in total. The first kappa shape index (κ1) is 9.30. The lowest BCUT2D eigenvalue weighted by atomic mass is 10.0. The first-order valence-corrected chi connectivity index (χ1v) is 4.79. The molecule has 0 aliphatic heterocycles. The normalized spacial score (nSPS) is 34.9. The van der Waals surface area contributed by atoms with Crippen LogP contribution < -0.4 is 0 Å². The maximum atomic E-state index is 5.53. The molecule has 1 saturated carbocycles. The molecule has 1 heteroatoms. The van der Waals surface area contributed by atoms with Crippen molar-refractivity contribution in [1.29, 1.82) is 0 Å². The summed E-state index contributed by atoms with van der Waals surface area (Å²) in [4.78, 5) is 0. The number of hydrogen-bond acceptors (Lipinski definition) is 1. The van der Waals surface area contributed by atoms with E-state index in [0.717, 1.165) is 0 Å². The minimum atomic E-state index is -0.115. The van der Waals surface area contributed by atoms with Crippen molar-refractivity contribution in [1.82, 2.24) is 0 Å². The van der Waals surface area contributed by atoms with Crippen LogP contribution in [0.3, 0.4) is 0 Å². The number of benzene rings is 1. The summed E-state index contributed by atoms with van der Waals surface area (Å²) in [5.74, 6) is 3.20. The van der Waals surface area contributed by atoms with Crippen LogP contribution in [0.1, 0.15) is 18.4 Å². The molecule has 0 unspecified atom stereocenters. The molecular formula is C13H14O. The van der Waals surface area contributed by atoms with Gasteiger partial charge in [0.05, 0.1) is 11.5 Å². The van der Waals surface area contributed by atoms with Gasteiger partial charge >= 0.3 is 0 Å². The number of hydrogen-bond donors (Lipinski definition) is 0. The Balaban J connectivity index is 2.28. The van der Waals surface area contributed by atoms with E-state index in [1.807, 2.05) is 18.2 Å². The van der Waals surface area contributed by atoms with Crippen LogP contribution in [0, 0.1) is 17.8 Å². The molecule has 0 spiro atoms. The van der Waals surface area contributed by atoms with Gasteiger partial charge in [-0.15, -0.1) is 6.42 Å². The summed E-state index contributed by atoms with van der Waals surface area (Å²) < 4.78 is 5.39. The highest BCUT2D eigenvalue weighted by Crippen LogP contribution is 2.60.